The Balaban J connectivity index is 1.34. The van der Waals surface area contributed by atoms with E-state index in [0.717, 1.165) is 48.6 Å². The summed E-state index contributed by atoms with van der Waals surface area (Å²) in [5.41, 5.74) is 2.09. The van der Waals surface area contributed by atoms with Gasteiger partial charge in [0.1, 0.15) is 24.5 Å². The normalized spacial score (nSPS) is 16.2. The van der Waals surface area contributed by atoms with Crippen molar-refractivity contribution in [1.82, 2.24) is 14.9 Å². The van der Waals surface area contributed by atoms with Crippen LogP contribution in [0.3, 0.4) is 0 Å². The monoisotopic (exact) mass is 338 g/mol. The number of para-hydroxylation sites is 1. The van der Waals surface area contributed by atoms with Crippen molar-refractivity contribution in [3.05, 3.63) is 47.9 Å². The molecule has 2 heterocycles. The molecule has 0 bridgehead atoms. The third-order valence-corrected chi connectivity index (χ3v) is 4.65. The molecule has 0 unspecified atom stereocenters. The molecule has 2 aromatic rings. The van der Waals surface area contributed by atoms with Gasteiger partial charge in [0.2, 0.25) is 5.91 Å². The van der Waals surface area contributed by atoms with E-state index in [4.69, 9.17) is 4.74 Å². The summed E-state index contributed by atoms with van der Waals surface area (Å²) in [4.78, 5) is 23.0. The van der Waals surface area contributed by atoms with Gasteiger partial charge in [-0.2, -0.15) is 0 Å². The highest BCUT2D eigenvalue weighted by atomic mass is 16.5. The minimum absolute atomic E-state index is 0.260. The van der Waals surface area contributed by atoms with Crippen LogP contribution in [0.5, 0.6) is 5.75 Å². The standard InChI is InChI=1S/C19H22N4O2/c24-19(14-6-7-14)23-10-8-16-17(12-23)21-13-22-18(16)20-9-11-25-15-4-2-1-3-5-15/h1-5,13-14H,6-12H2,(H,20,21,22). The van der Waals surface area contributed by atoms with E-state index in [0.29, 0.717) is 19.7 Å². The summed E-state index contributed by atoms with van der Waals surface area (Å²) in [6, 6.07) is 9.77. The van der Waals surface area contributed by atoms with Crippen LogP contribution in [0.4, 0.5) is 5.82 Å². The lowest BCUT2D eigenvalue weighted by Gasteiger charge is -2.29. The zero-order valence-corrected chi connectivity index (χ0v) is 14.1. The Morgan fingerprint density at radius 3 is 2.88 bits per heavy atom. The molecule has 0 radical (unpaired) electrons. The molecule has 130 valence electrons. The maximum atomic E-state index is 12.3. The number of ether oxygens (including phenoxy) is 1. The zero-order valence-electron chi connectivity index (χ0n) is 14.1. The average molecular weight is 338 g/mol. The van der Waals surface area contributed by atoms with E-state index in [-0.39, 0.29) is 11.8 Å². The smallest absolute Gasteiger partial charge is 0.226 e. The zero-order chi connectivity index (χ0) is 17.1. The maximum Gasteiger partial charge on any atom is 0.226 e. The van der Waals surface area contributed by atoms with E-state index in [2.05, 4.69) is 15.3 Å². The van der Waals surface area contributed by atoms with Gasteiger partial charge in [0, 0.05) is 18.0 Å². The molecule has 1 saturated carbocycles. The quantitative estimate of drug-likeness (QED) is 0.819. The minimum Gasteiger partial charge on any atom is -0.492 e. The van der Waals surface area contributed by atoms with E-state index in [1.54, 1.807) is 6.33 Å². The number of rotatable bonds is 6. The van der Waals surface area contributed by atoms with Crippen LogP contribution in [0.25, 0.3) is 0 Å². The molecule has 1 aliphatic carbocycles. The van der Waals surface area contributed by atoms with Crippen LogP contribution >= 0.6 is 0 Å². The van der Waals surface area contributed by atoms with Crippen LogP contribution in [0.1, 0.15) is 24.1 Å². The second-order valence-electron chi connectivity index (χ2n) is 6.52. The van der Waals surface area contributed by atoms with Gasteiger partial charge in [-0.15, -0.1) is 0 Å². The third kappa shape index (κ3) is 3.73. The van der Waals surface area contributed by atoms with E-state index >= 15 is 0 Å². The molecule has 1 amide bonds. The van der Waals surface area contributed by atoms with Crippen LogP contribution in [0.2, 0.25) is 0 Å². The van der Waals surface area contributed by atoms with Crippen molar-refractivity contribution in [2.75, 3.05) is 25.0 Å². The number of carbonyl (C=O) groups is 1. The highest BCUT2D eigenvalue weighted by molar-refractivity contribution is 5.81. The molecule has 0 saturated heterocycles. The molecule has 0 spiro atoms. The van der Waals surface area contributed by atoms with Crippen molar-refractivity contribution in [2.45, 2.75) is 25.8 Å². The second-order valence-corrected chi connectivity index (χ2v) is 6.52. The number of anilines is 1. The lowest BCUT2D eigenvalue weighted by molar-refractivity contribution is -0.133. The molecule has 4 rings (SSSR count). The molecule has 0 atom stereocenters. The van der Waals surface area contributed by atoms with Crippen molar-refractivity contribution in [1.29, 1.82) is 0 Å². The summed E-state index contributed by atoms with van der Waals surface area (Å²) in [7, 11) is 0. The number of hydrogen-bond acceptors (Lipinski definition) is 5. The van der Waals surface area contributed by atoms with Crippen molar-refractivity contribution in [3.63, 3.8) is 0 Å². The molecular weight excluding hydrogens is 316 g/mol. The number of benzene rings is 1. The molecule has 25 heavy (non-hydrogen) atoms. The summed E-state index contributed by atoms with van der Waals surface area (Å²) in [5, 5.41) is 3.34. The molecule has 1 aromatic heterocycles. The number of nitrogens with one attached hydrogen (secondary N) is 1. The Hall–Kier alpha value is -2.63. The summed E-state index contributed by atoms with van der Waals surface area (Å²) in [6.07, 6.45) is 4.46. The lowest BCUT2D eigenvalue weighted by atomic mass is 10.0. The summed E-state index contributed by atoms with van der Waals surface area (Å²) in [6.45, 7) is 2.59. The van der Waals surface area contributed by atoms with Gasteiger partial charge in [0.25, 0.3) is 0 Å². The first-order valence-electron chi connectivity index (χ1n) is 8.84. The maximum absolute atomic E-state index is 12.3. The molecule has 6 nitrogen and oxygen atoms in total. The van der Waals surface area contributed by atoms with E-state index < -0.39 is 0 Å². The van der Waals surface area contributed by atoms with Gasteiger partial charge in [0.15, 0.2) is 0 Å². The Labute approximate surface area is 147 Å². The number of carbonyl (C=O) groups excluding carboxylic acids is 1. The van der Waals surface area contributed by atoms with E-state index in [1.165, 1.54) is 0 Å². The lowest BCUT2D eigenvalue weighted by Crippen LogP contribution is -2.37. The molecule has 1 aliphatic heterocycles. The van der Waals surface area contributed by atoms with Crippen LogP contribution < -0.4 is 10.1 Å². The van der Waals surface area contributed by atoms with E-state index in [9.17, 15) is 4.79 Å². The molecule has 1 fully saturated rings. The Kier molecular flexibility index (Phi) is 4.50. The number of aromatic nitrogens is 2. The Morgan fingerprint density at radius 1 is 1.24 bits per heavy atom. The second kappa shape index (κ2) is 7.09. The highest BCUT2D eigenvalue weighted by Gasteiger charge is 2.35. The average Bonchev–Trinajstić information content (AvgIpc) is 3.50. The van der Waals surface area contributed by atoms with Crippen molar-refractivity contribution < 1.29 is 9.53 Å². The molecular formula is C19H22N4O2. The fourth-order valence-electron chi connectivity index (χ4n) is 3.14. The first-order valence-corrected chi connectivity index (χ1v) is 8.84. The van der Waals surface area contributed by atoms with Gasteiger partial charge in [0.05, 0.1) is 18.8 Å². The van der Waals surface area contributed by atoms with Crippen molar-refractivity contribution >= 4 is 11.7 Å². The predicted molar refractivity (Wildman–Crippen MR) is 94.3 cm³/mol. The third-order valence-electron chi connectivity index (χ3n) is 4.65. The minimum atomic E-state index is 0.260. The van der Waals surface area contributed by atoms with Gasteiger partial charge in [-0.05, 0) is 31.4 Å². The number of amides is 1. The molecule has 1 aromatic carbocycles. The molecule has 2 aliphatic rings. The van der Waals surface area contributed by atoms with Gasteiger partial charge in [-0.25, -0.2) is 9.97 Å². The summed E-state index contributed by atoms with van der Waals surface area (Å²) >= 11 is 0. The summed E-state index contributed by atoms with van der Waals surface area (Å²) in [5.74, 6) is 2.27. The first-order chi connectivity index (χ1) is 12.3. The van der Waals surface area contributed by atoms with Crippen LogP contribution in [0, 0.1) is 5.92 Å². The molecule has 6 heteroatoms. The number of fused-ring (bicyclic) bond motifs is 1. The SMILES string of the molecule is O=C(C1CC1)N1CCc2c(ncnc2NCCOc2ccccc2)C1. The first kappa shape index (κ1) is 15.9. The van der Waals surface area contributed by atoms with Gasteiger partial charge in [-0.3, -0.25) is 4.79 Å². The predicted octanol–water partition coefficient (Wildman–Crippen LogP) is 2.26. The van der Waals surface area contributed by atoms with Gasteiger partial charge < -0.3 is 15.0 Å². The number of nitrogens with zero attached hydrogens (tertiary/aromatic N) is 3. The van der Waals surface area contributed by atoms with Crippen molar-refractivity contribution in [2.24, 2.45) is 5.92 Å². The van der Waals surface area contributed by atoms with Crippen LogP contribution in [-0.4, -0.2) is 40.5 Å². The topological polar surface area (TPSA) is 67.4 Å². The number of hydrogen-bond donors (Lipinski definition) is 1. The van der Waals surface area contributed by atoms with Gasteiger partial charge >= 0.3 is 0 Å². The Morgan fingerprint density at radius 2 is 2.08 bits per heavy atom. The summed E-state index contributed by atoms with van der Waals surface area (Å²) < 4.78 is 5.69. The van der Waals surface area contributed by atoms with E-state index in [1.807, 2.05) is 35.2 Å². The van der Waals surface area contributed by atoms with Crippen LogP contribution in [0.15, 0.2) is 36.7 Å². The fourth-order valence-corrected chi connectivity index (χ4v) is 3.14. The highest BCUT2D eigenvalue weighted by Crippen LogP contribution is 2.33. The van der Waals surface area contributed by atoms with Crippen molar-refractivity contribution in [3.8, 4) is 5.75 Å². The molecule has 1 N–H and O–H groups in total. The van der Waals surface area contributed by atoms with Crippen LogP contribution in [-0.2, 0) is 17.8 Å². The Bertz CT molecular complexity index is 746. The van der Waals surface area contributed by atoms with Gasteiger partial charge in [-0.1, -0.05) is 18.2 Å². The largest absolute Gasteiger partial charge is 0.492 e. The fraction of sp³-hybridized carbons (Fsp3) is 0.421.